The SMILES string of the molecule is CC(C)Oc1cccc(C(=O)NC(COCc2ccccc2)C(=O)N[N+]2(S(C)(=O)=O)CC3(CCNCC3)c3ccccc32)c1. The van der Waals surface area contributed by atoms with Crippen LogP contribution in [0, 0.1) is 0 Å². The van der Waals surface area contributed by atoms with E-state index in [4.69, 9.17) is 9.47 Å². The maximum atomic E-state index is 14.1. The zero-order valence-electron chi connectivity index (χ0n) is 25.4. The number of fused-ring (bicyclic) bond motifs is 2. The number of sulfonamides is 1. The lowest BCUT2D eigenvalue weighted by atomic mass is 9.75. The molecule has 2 aliphatic rings. The lowest BCUT2D eigenvalue weighted by Gasteiger charge is -2.36. The highest BCUT2D eigenvalue weighted by Gasteiger charge is 2.60. The van der Waals surface area contributed by atoms with Crippen LogP contribution >= 0.6 is 0 Å². The standard InChI is InChI=1S/C33H40N4O6S/c1-24(2)43-27-13-9-12-26(20-27)31(38)35-29(22-42-21-25-10-5-4-6-11-25)32(39)36-37(44(3,40)41)23-33(16-18-34-19-17-33)28-14-7-8-15-30(28)37/h4-15,20,24,29,34H,16-19,21-23H2,1-3H3,(H-,35,36,38,39)/p+1. The number of amides is 2. The van der Waals surface area contributed by atoms with E-state index in [2.05, 4.69) is 16.1 Å². The number of carbonyl (C=O) groups is 2. The molecule has 44 heavy (non-hydrogen) atoms. The van der Waals surface area contributed by atoms with Crippen LogP contribution in [-0.2, 0) is 31.6 Å². The molecule has 234 valence electrons. The first-order valence-electron chi connectivity index (χ1n) is 14.9. The van der Waals surface area contributed by atoms with E-state index < -0.39 is 37.3 Å². The predicted octanol–water partition coefficient (Wildman–Crippen LogP) is 3.42. The van der Waals surface area contributed by atoms with Crippen LogP contribution in [0.5, 0.6) is 5.75 Å². The number of para-hydroxylation sites is 1. The van der Waals surface area contributed by atoms with Crippen molar-refractivity contribution in [2.24, 2.45) is 0 Å². The van der Waals surface area contributed by atoms with Crippen molar-refractivity contribution >= 4 is 27.5 Å². The van der Waals surface area contributed by atoms with Crippen molar-refractivity contribution in [3.63, 3.8) is 0 Å². The van der Waals surface area contributed by atoms with Gasteiger partial charge in [0, 0.05) is 17.2 Å². The van der Waals surface area contributed by atoms with E-state index in [-0.39, 0.29) is 25.9 Å². The molecule has 2 unspecified atom stereocenters. The third-order valence-electron chi connectivity index (χ3n) is 8.29. The number of hydrogen-bond donors (Lipinski definition) is 3. The number of piperidine rings is 1. The summed E-state index contributed by atoms with van der Waals surface area (Å²) in [6.07, 6.45) is 2.54. The van der Waals surface area contributed by atoms with Crippen molar-refractivity contribution in [1.82, 2.24) is 20.1 Å². The summed E-state index contributed by atoms with van der Waals surface area (Å²) in [6, 6.07) is 22.4. The highest BCUT2D eigenvalue weighted by molar-refractivity contribution is 7.90. The van der Waals surface area contributed by atoms with E-state index in [9.17, 15) is 18.0 Å². The summed E-state index contributed by atoms with van der Waals surface area (Å²) < 4.78 is 38.3. The van der Waals surface area contributed by atoms with Crippen molar-refractivity contribution < 1.29 is 27.5 Å². The number of ether oxygens (including phenoxy) is 2. The lowest BCUT2D eigenvalue weighted by molar-refractivity contribution is -0.127. The quantitative estimate of drug-likeness (QED) is 0.281. The van der Waals surface area contributed by atoms with Gasteiger partial charge in [0.05, 0.1) is 31.0 Å². The van der Waals surface area contributed by atoms with Gasteiger partial charge in [0.2, 0.25) is 0 Å². The number of nitrogens with one attached hydrogen (secondary N) is 3. The van der Waals surface area contributed by atoms with Crippen LogP contribution in [0.1, 0.15) is 48.2 Å². The second kappa shape index (κ2) is 13.1. The Morgan fingerprint density at radius 2 is 1.68 bits per heavy atom. The van der Waals surface area contributed by atoms with Crippen LogP contribution in [-0.4, -0.2) is 64.9 Å². The van der Waals surface area contributed by atoms with Crippen molar-refractivity contribution in [2.75, 3.05) is 32.5 Å². The topological polar surface area (TPSA) is 123 Å². The molecule has 1 fully saturated rings. The highest BCUT2D eigenvalue weighted by atomic mass is 32.2. The molecule has 3 aromatic rings. The van der Waals surface area contributed by atoms with Gasteiger partial charge in [-0.3, -0.25) is 9.59 Å². The Labute approximate surface area is 259 Å². The molecule has 0 bridgehead atoms. The fraction of sp³-hybridized carbons (Fsp3) is 0.394. The normalized spacial score (nSPS) is 19.7. The first-order chi connectivity index (χ1) is 21.0. The zero-order valence-corrected chi connectivity index (χ0v) is 26.2. The van der Waals surface area contributed by atoms with E-state index in [1.807, 2.05) is 56.3 Å². The van der Waals surface area contributed by atoms with Crippen LogP contribution in [0.3, 0.4) is 0 Å². The highest BCUT2D eigenvalue weighted by Crippen LogP contribution is 2.50. The molecule has 0 aliphatic carbocycles. The van der Waals surface area contributed by atoms with Gasteiger partial charge in [-0.2, -0.15) is 13.8 Å². The van der Waals surface area contributed by atoms with Gasteiger partial charge in [-0.1, -0.05) is 58.6 Å². The van der Waals surface area contributed by atoms with Gasteiger partial charge in [0.15, 0.2) is 5.69 Å². The summed E-state index contributed by atoms with van der Waals surface area (Å²) in [5.41, 5.74) is 5.11. The van der Waals surface area contributed by atoms with E-state index in [0.29, 0.717) is 17.0 Å². The molecule has 2 atom stereocenters. The largest absolute Gasteiger partial charge is 0.491 e. The van der Waals surface area contributed by atoms with E-state index in [1.165, 1.54) is 0 Å². The second-order valence-corrected chi connectivity index (χ2v) is 14.0. The first-order valence-corrected chi connectivity index (χ1v) is 16.8. The number of carbonyl (C=O) groups excluding carboxylic acids is 2. The smallest absolute Gasteiger partial charge is 0.321 e. The summed E-state index contributed by atoms with van der Waals surface area (Å²) in [5.74, 6) is -0.645. The number of benzene rings is 3. The van der Waals surface area contributed by atoms with Crippen LogP contribution in [0.15, 0.2) is 78.9 Å². The third-order valence-corrected chi connectivity index (χ3v) is 9.84. The molecule has 2 aliphatic heterocycles. The number of nitrogens with zero attached hydrogens (tertiary/aromatic N) is 1. The average Bonchev–Trinajstić information content (AvgIpc) is 3.27. The number of hydrogen-bond acceptors (Lipinski definition) is 7. The van der Waals surface area contributed by atoms with E-state index in [1.54, 1.807) is 36.4 Å². The molecule has 2 heterocycles. The van der Waals surface area contributed by atoms with E-state index in [0.717, 1.165) is 43.3 Å². The molecule has 3 aromatic carbocycles. The number of quaternary nitrogens is 1. The van der Waals surface area contributed by atoms with Crippen molar-refractivity contribution in [2.45, 2.75) is 50.9 Å². The fourth-order valence-corrected chi connectivity index (χ4v) is 7.43. The molecule has 0 aromatic heterocycles. The van der Waals surface area contributed by atoms with Gasteiger partial charge in [-0.05, 0) is 63.5 Å². The van der Waals surface area contributed by atoms with Crippen LogP contribution < -0.4 is 24.8 Å². The Bertz CT molecular complexity index is 1590. The third kappa shape index (κ3) is 6.66. The van der Waals surface area contributed by atoms with Crippen molar-refractivity contribution in [1.29, 1.82) is 0 Å². The minimum atomic E-state index is -3.93. The summed E-state index contributed by atoms with van der Waals surface area (Å²) in [7, 11) is -3.93. The molecule has 10 nitrogen and oxygen atoms in total. The minimum absolute atomic E-state index is 0.0827. The molecule has 2 amide bonds. The summed E-state index contributed by atoms with van der Waals surface area (Å²) in [5, 5.41) is 6.15. The van der Waals surface area contributed by atoms with Crippen molar-refractivity contribution in [3.05, 3.63) is 95.6 Å². The molecule has 11 heteroatoms. The lowest BCUT2D eigenvalue weighted by Crippen LogP contribution is -2.68. The molecule has 1 saturated heterocycles. The van der Waals surface area contributed by atoms with Gasteiger partial charge in [-0.25, -0.2) is 0 Å². The van der Waals surface area contributed by atoms with Gasteiger partial charge >= 0.3 is 10.0 Å². The van der Waals surface area contributed by atoms with E-state index >= 15 is 0 Å². The zero-order chi connectivity index (χ0) is 31.4. The molecule has 0 saturated carbocycles. The Hall–Kier alpha value is -3.77. The maximum Gasteiger partial charge on any atom is 0.321 e. The van der Waals surface area contributed by atoms with Gasteiger partial charge in [0.1, 0.15) is 18.3 Å². The summed E-state index contributed by atoms with van der Waals surface area (Å²) in [4.78, 5) is 27.6. The fourth-order valence-electron chi connectivity index (χ4n) is 6.18. The average molecular weight is 622 g/mol. The van der Waals surface area contributed by atoms with Gasteiger partial charge < -0.3 is 20.1 Å². The summed E-state index contributed by atoms with van der Waals surface area (Å²) >= 11 is 0. The maximum absolute atomic E-state index is 14.1. The van der Waals surface area contributed by atoms with Gasteiger partial charge in [0.25, 0.3) is 11.8 Å². The first kappa shape index (κ1) is 31.6. The molecule has 5 rings (SSSR count). The summed E-state index contributed by atoms with van der Waals surface area (Å²) in [6.45, 7) is 5.48. The Morgan fingerprint density at radius 3 is 2.39 bits per heavy atom. The minimum Gasteiger partial charge on any atom is -0.491 e. The molecular weight excluding hydrogens is 580 g/mol. The van der Waals surface area contributed by atoms with Gasteiger partial charge in [-0.15, -0.1) is 0 Å². The second-order valence-electron chi connectivity index (χ2n) is 11.9. The molecule has 3 N–H and O–H groups in total. The number of rotatable bonds is 11. The predicted molar refractivity (Wildman–Crippen MR) is 169 cm³/mol. The molecule has 0 radical (unpaired) electrons. The van der Waals surface area contributed by atoms with Crippen molar-refractivity contribution in [3.8, 4) is 5.75 Å². The Balaban J connectivity index is 1.44. The van der Waals surface area contributed by atoms with Crippen LogP contribution in [0.2, 0.25) is 0 Å². The monoisotopic (exact) mass is 621 g/mol. The Kier molecular flexibility index (Phi) is 9.40. The Morgan fingerprint density at radius 1 is 0.977 bits per heavy atom. The van der Waals surface area contributed by atoms with Crippen LogP contribution in [0.4, 0.5) is 5.69 Å². The van der Waals surface area contributed by atoms with Crippen LogP contribution in [0.25, 0.3) is 0 Å². The molecule has 1 spiro atoms. The molecular formula is C33H41N4O6S+.